The van der Waals surface area contributed by atoms with Gasteiger partial charge in [-0.15, -0.1) is 0 Å². The third-order valence-electron chi connectivity index (χ3n) is 8.85. The molecule has 2 aliphatic rings. The molecule has 5 aromatic rings. The van der Waals surface area contributed by atoms with E-state index in [-0.39, 0.29) is 10.6 Å². The Balaban J connectivity index is 1.46. The van der Waals surface area contributed by atoms with Crippen molar-refractivity contribution in [3.05, 3.63) is 126 Å². The van der Waals surface area contributed by atoms with Crippen LogP contribution in [0.3, 0.4) is 0 Å². The number of carbonyl (C=O) groups excluding carboxylic acids is 1. The molecule has 3 heterocycles. The molecule has 0 saturated carbocycles. The number of sulfonamides is 1. The van der Waals surface area contributed by atoms with Crippen molar-refractivity contribution in [3.8, 4) is 11.8 Å². The molecule has 1 fully saturated rings. The molecule has 0 radical (unpaired) electrons. The van der Waals surface area contributed by atoms with Crippen molar-refractivity contribution in [2.75, 3.05) is 42.0 Å². The van der Waals surface area contributed by atoms with Gasteiger partial charge in [0.15, 0.2) is 5.54 Å². The first-order chi connectivity index (χ1) is 22.4. The highest BCUT2D eigenvalue weighted by Gasteiger charge is 2.60. The molecule has 2 aliphatic heterocycles. The smallest absolute Gasteiger partial charge is 0.271 e. The molecular weight excluding hydrogens is 598 g/mol. The lowest BCUT2D eigenvalue weighted by molar-refractivity contribution is -0.127. The van der Waals surface area contributed by atoms with Crippen LogP contribution in [0.1, 0.15) is 23.6 Å². The molecular formula is C36H31N5O4S. The van der Waals surface area contributed by atoms with Crippen molar-refractivity contribution in [3.63, 3.8) is 0 Å². The number of rotatable bonds is 7. The molecule has 7 rings (SSSR count). The molecule has 0 aliphatic carbocycles. The second kappa shape index (κ2) is 11.6. The largest absolute Gasteiger partial charge is 0.493 e. The zero-order chi connectivity index (χ0) is 31.9. The van der Waals surface area contributed by atoms with Crippen molar-refractivity contribution >= 4 is 38.1 Å². The second-order valence-corrected chi connectivity index (χ2v) is 13.0. The summed E-state index contributed by atoms with van der Waals surface area (Å²) in [6.07, 6.45) is 3.50. The van der Waals surface area contributed by atoms with Crippen LogP contribution in [0.15, 0.2) is 114 Å². The maximum Gasteiger partial charge on any atom is 0.271 e. The van der Waals surface area contributed by atoms with Crippen LogP contribution in [0.4, 0.5) is 11.4 Å². The third kappa shape index (κ3) is 4.50. The number of nitrogens with zero attached hydrogens (tertiary/aromatic N) is 5. The van der Waals surface area contributed by atoms with Crippen molar-refractivity contribution in [2.24, 2.45) is 0 Å². The molecule has 1 saturated heterocycles. The number of carbonyl (C=O) groups is 1. The number of amides is 1. The average Bonchev–Trinajstić information content (AvgIpc) is 3.37. The van der Waals surface area contributed by atoms with Gasteiger partial charge in [-0.2, -0.15) is 5.26 Å². The SMILES string of the molecule is CCOc1ccccc1C1(N2CCN(c3ccncc3)CC2)C(=O)N(S(=O)(=O)c2cccc3ccccc23)c2ccc(C#N)cc21. The summed E-state index contributed by atoms with van der Waals surface area (Å²) in [7, 11) is -4.43. The van der Waals surface area contributed by atoms with E-state index in [1.54, 1.807) is 54.9 Å². The van der Waals surface area contributed by atoms with E-state index < -0.39 is 21.5 Å². The van der Waals surface area contributed by atoms with E-state index in [1.807, 2.05) is 60.4 Å². The average molecular weight is 630 g/mol. The topological polar surface area (TPSA) is 107 Å². The fourth-order valence-corrected chi connectivity index (χ4v) is 8.52. The lowest BCUT2D eigenvalue weighted by Gasteiger charge is -2.46. The van der Waals surface area contributed by atoms with Gasteiger partial charge in [0, 0.05) is 60.8 Å². The van der Waals surface area contributed by atoms with E-state index in [2.05, 4.69) is 16.0 Å². The van der Waals surface area contributed by atoms with Gasteiger partial charge in [-0.3, -0.25) is 14.7 Å². The summed E-state index contributed by atoms with van der Waals surface area (Å²) >= 11 is 0. The third-order valence-corrected chi connectivity index (χ3v) is 10.6. The first-order valence-corrected chi connectivity index (χ1v) is 16.6. The molecule has 1 atom stereocenters. The second-order valence-electron chi connectivity index (χ2n) is 11.2. The van der Waals surface area contributed by atoms with E-state index in [1.165, 1.54) is 6.07 Å². The Morgan fingerprint density at radius 1 is 0.870 bits per heavy atom. The number of fused-ring (bicyclic) bond motifs is 2. The zero-order valence-corrected chi connectivity index (χ0v) is 26.0. The van der Waals surface area contributed by atoms with Crippen LogP contribution in [0.2, 0.25) is 0 Å². The fourth-order valence-electron chi connectivity index (χ4n) is 6.84. The number of aromatic nitrogens is 1. The summed E-state index contributed by atoms with van der Waals surface area (Å²) in [5.74, 6) is -0.150. The minimum atomic E-state index is -4.43. The minimum Gasteiger partial charge on any atom is -0.493 e. The van der Waals surface area contributed by atoms with Gasteiger partial charge in [-0.25, -0.2) is 12.7 Å². The number of hydrogen-bond donors (Lipinski definition) is 0. The molecule has 4 aromatic carbocycles. The van der Waals surface area contributed by atoms with Gasteiger partial charge in [-0.05, 0) is 54.8 Å². The molecule has 9 nitrogen and oxygen atoms in total. The molecule has 0 bridgehead atoms. The predicted molar refractivity (Wildman–Crippen MR) is 176 cm³/mol. The summed E-state index contributed by atoms with van der Waals surface area (Å²) in [5.41, 5.74) is 0.944. The molecule has 10 heteroatoms. The summed E-state index contributed by atoms with van der Waals surface area (Å²) in [6, 6.07) is 30.5. The molecule has 0 N–H and O–H groups in total. The number of piperazine rings is 1. The first-order valence-electron chi connectivity index (χ1n) is 15.2. The summed E-state index contributed by atoms with van der Waals surface area (Å²) in [6.45, 7) is 4.25. The van der Waals surface area contributed by atoms with E-state index in [4.69, 9.17) is 4.74 Å². The maximum absolute atomic E-state index is 15.4. The van der Waals surface area contributed by atoms with E-state index >= 15 is 4.79 Å². The van der Waals surface area contributed by atoms with Crippen LogP contribution >= 0.6 is 0 Å². The van der Waals surface area contributed by atoms with Crippen molar-refractivity contribution in [1.29, 1.82) is 5.26 Å². The Kier molecular flexibility index (Phi) is 7.43. The maximum atomic E-state index is 15.4. The zero-order valence-electron chi connectivity index (χ0n) is 25.2. The Bertz CT molecular complexity index is 2100. The molecule has 1 unspecified atom stereocenters. The number of ether oxygens (including phenoxy) is 1. The van der Waals surface area contributed by atoms with Crippen LogP contribution in [0.25, 0.3) is 10.8 Å². The quantitative estimate of drug-likeness (QED) is 0.239. The monoisotopic (exact) mass is 629 g/mol. The predicted octanol–water partition coefficient (Wildman–Crippen LogP) is 5.31. The van der Waals surface area contributed by atoms with Crippen molar-refractivity contribution in [1.82, 2.24) is 9.88 Å². The Morgan fingerprint density at radius 3 is 2.35 bits per heavy atom. The number of benzene rings is 4. The molecule has 1 aromatic heterocycles. The Hall–Kier alpha value is -5.24. The first kappa shape index (κ1) is 29.5. The summed E-state index contributed by atoms with van der Waals surface area (Å²) in [4.78, 5) is 23.8. The van der Waals surface area contributed by atoms with Gasteiger partial charge >= 0.3 is 0 Å². The van der Waals surface area contributed by atoms with E-state index in [9.17, 15) is 13.7 Å². The minimum absolute atomic E-state index is 0.0330. The van der Waals surface area contributed by atoms with Gasteiger partial charge in [0.25, 0.3) is 15.9 Å². The normalized spacial score (nSPS) is 18.4. The van der Waals surface area contributed by atoms with Gasteiger partial charge < -0.3 is 9.64 Å². The van der Waals surface area contributed by atoms with E-state index in [0.29, 0.717) is 60.6 Å². The number of hydrogen-bond acceptors (Lipinski definition) is 8. The lowest BCUT2D eigenvalue weighted by Crippen LogP contribution is -2.60. The summed E-state index contributed by atoms with van der Waals surface area (Å²) < 4.78 is 36.7. The lowest BCUT2D eigenvalue weighted by atomic mass is 9.80. The number of anilines is 2. The molecule has 230 valence electrons. The van der Waals surface area contributed by atoms with Crippen molar-refractivity contribution in [2.45, 2.75) is 17.4 Å². The number of pyridine rings is 1. The molecule has 0 spiro atoms. The standard InChI is InChI=1S/C36H31N5O4S/c1-2-45-33-12-6-5-11-30(33)36(40-22-20-39(21-23-40)28-16-18-38-19-17-28)31-24-26(25-37)14-15-32(31)41(35(36)42)46(43,44)34-13-7-9-27-8-3-4-10-29(27)34/h3-19,24H,2,20-23H2,1H3. The van der Waals surface area contributed by atoms with Gasteiger partial charge in [-0.1, -0.05) is 54.6 Å². The van der Waals surface area contributed by atoms with Crippen LogP contribution < -0.4 is 13.9 Å². The van der Waals surface area contributed by atoms with Crippen molar-refractivity contribution < 1.29 is 17.9 Å². The van der Waals surface area contributed by atoms with Crippen LogP contribution in [-0.2, 0) is 20.4 Å². The van der Waals surface area contributed by atoms with E-state index in [0.717, 1.165) is 15.4 Å². The fraction of sp³-hybridized carbons (Fsp3) is 0.194. The van der Waals surface area contributed by atoms with Gasteiger partial charge in [0.2, 0.25) is 0 Å². The number of para-hydroxylation sites is 1. The van der Waals surface area contributed by atoms with Gasteiger partial charge in [0.1, 0.15) is 5.75 Å². The highest BCUT2D eigenvalue weighted by molar-refractivity contribution is 7.93. The highest BCUT2D eigenvalue weighted by Crippen LogP contribution is 2.53. The summed E-state index contributed by atoms with van der Waals surface area (Å²) in [5, 5.41) is 11.3. The van der Waals surface area contributed by atoms with Crippen LogP contribution in [0, 0.1) is 11.3 Å². The van der Waals surface area contributed by atoms with Crippen LogP contribution in [-0.4, -0.2) is 57.0 Å². The number of nitriles is 1. The Morgan fingerprint density at radius 2 is 1.59 bits per heavy atom. The molecule has 46 heavy (non-hydrogen) atoms. The Labute approximate surface area is 267 Å². The van der Waals surface area contributed by atoms with Crippen LogP contribution in [0.5, 0.6) is 5.75 Å². The van der Waals surface area contributed by atoms with Gasteiger partial charge in [0.05, 0.1) is 28.8 Å². The highest BCUT2D eigenvalue weighted by atomic mass is 32.2. The molecule has 1 amide bonds.